The van der Waals surface area contributed by atoms with Crippen molar-refractivity contribution in [2.24, 2.45) is 0 Å². The Morgan fingerprint density at radius 2 is 1.82 bits per heavy atom. The van der Waals surface area contributed by atoms with Gasteiger partial charge >= 0.3 is 0 Å². The van der Waals surface area contributed by atoms with E-state index in [-0.39, 0.29) is 18.5 Å². The van der Waals surface area contributed by atoms with Crippen molar-refractivity contribution < 1.29 is 13.2 Å². The number of sulfonamides is 1. The van der Waals surface area contributed by atoms with E-state index in [2.05, 4.69) is 15.1 Å². The number of ether oxygens (including phenoxy) is 1. The van der Waals surface area contributed by atoms with Crippen LogP contribution in [0.2, 0.25) is 0 Å². The van der Waals surface area contributed by atoms with Crippen LogP contribution in [0.3, 0.4) is 0 Å². The van der Waals surface area contributed by atoms with Gasteiger partial charge in [-0.15, -0.1) is 12.4 Å². The average molecular weight is 427 g/mol. The second-order valence-corrected chi connectivity index (χ2v) is 9.17. The fourth-order valence-corrected chi connectivity index (χ4v) is 5.33. The quantitative estimate of drug-likeness (QED) is 0.794. The van der Waals surface area contributed by atoms with E-state index in [1.54, 1.807) is 28.8 Å². The van der Waals surface area contributed by atoms with Crippen molar-refractivity contribution in [1.29, 1.82) is 0 Å². The molecule has 3 heterocycles. The van der Waals surface area contributed by atoms with Crippen molar-refractivity contribution >= 4 is 22.4 Å². The summed E-state index contributed by atoms with van der Waals surface area (Å²) in [5.74, 6) is 0. The highest BCUT2D eigenvalue weighted by Gasteiger charge is 2.30. The highest BCUT2D eigenvalue weighted by atomic mass is 35.5. The van der Waals surface area contributed by atoms with E-state index in [1.165, 1.54) is 12.8 Å². The Morgan fingerprint density at radius 3 is 2.50 bits per heavy atom. The molecule has 7 nitrogen and oxygen atoms in total. The number of nitrogens with zero attached hydrogens (tertiary/aromatic N) is 3. The molecule has 0 amide bonds. The van der Waals surface area contributed by atoms with Gasteiger partial charge in [0.05, 0.1) is 17.2 Å². The van der Waals surface area contributed by atoms with Gasteiger partial charge in [-0.05, 0) is 50.0 Å². The Labute approximate surface area is 172 Å². The molecule has 1 atom stereocenters. The van der Waals surface area contributed by atoms with Crippen molar-refractivity contribution in [1.82, 2.24) is 19.4 Å². The summed E-state index contributed by atoms with van der Waals surface area (Å²) in [6.07, 6.45) is 6.61. The van der Waals surface area contributed by atoms with Crippen LogP contribution in [0.4, 0.5) is 0 Å². The first kappa shape index (κ1) is 21.3. The molecule has 4 rings (SSSR count). The monoisotopic (exact) mass is 426 g/mol. The number of benzene rings is 1. The van der Waals surface area contributed by atoms with Crippen molar-refractivity contribution in [3.8, 4) is 11.1 Å². The number of rotatable bonds is 5. The van der Waals surface area contributed by atoms with Gasteiger partial charge in [0.15, 0.2) is 0 Å². The first-order valence-electron chi connectivity index (χ1n) is 9.56. The molecule has 28 heavy (non-hydrogen) atoms. The summed E-state index contributed by atoms with van der Waals surface area (Å²) < 4.78 is 33.8. The summed E-state index contributed by atoms with van der Waals surface area (Å²) in [6, 6.07) is 7.01. The van der Waals surface area contributed by atoms with Crippen LogP contribution < -0.4 is 0 Å². The van der Waals surface area contributed by atoms with Crippen LogP contribution in [-0.2, 0) is 14.8 Å². The largest absolute Gasteiger partial charge is 0.375 e. The molecule has 1 unspecified atom stereocenters. The molecule has 0 spiro atoms. The molecule has 9 heteroatoms. The molecule has 1 N–H and O–H groups in total. The maximum atomic E-state index is 13.2. The maximum Gasteiger partial charge on any atom is 0.243 e. The SMILES string of the molecule is Cl.O=S(=O)(c1ccc(-c2cn[nH]c2)cc1)N1CCCOC(CN2CCCC2)C1. The molecule has 0 bridgehead atoms. The number of H-pyrrole nitrogens is 1. The van der Waals surface area contributed by atoms with Crippen LogP contribution in [0.5, 0.6) is 0 Å². The fraction of sp³-hybridized carbons (Fsp3) is 0.526. The summed E-state index contributed by atoms with van der Waals surface area (Å²) in [6.45, 7) is 4.52. The van der Waals surface area contributed by atoms with Gasteiger partial charge in [0.1, 0.15) is 0 Å². The van der Waals surface area contributed by atoms with E-state index in [1.807, 2.05) is 12.1 Å². The second-order valence-electron chi connectivity index (χ2n) is 7.23. The van der Waals surface area contributed by atoms with Gasteiger partial charge in [-0.3, -0.25) is 5.10 Å². The zero-order valence-corrected chi connectivity index (χ0v) is 17.4. The lowest BCUT2D eigenvalue weighted by atomic mass is 10.1. The minimum absolute atomic E-state index is 0. The Morgan fingerprint density at radius 1 is 1.07 bits per heavy atom. The molecule has 2 aliphatic heterocycles. The minimum atomic E-state index is -3.53. The van der Waals surface area contributed by atoms with E-state index in [0.717, 1.165) is 37.2 Å². The first-order valence-corrected chi connectivity index (χ1v) is 11.0. The molecule has 2 aromatic rings. The van der Waals surface area contributed by atoms with E-state index in [0.29, 0.717) is 24.6 Å². The van der Waals surface area contributed by atoms with Crippen LogP contribution in [0, 0.1) is 0 Å². The van der Waals surface area contributed by atoms with Crippen molar-refractivity contribution in [3.63, 3.8) is 0 Å². The number of aromatic nitrogens is 2. The van der Waals surface area contributed by atoms with Crippen LogP contribution >= 0.6 is 12.4 Å². The van der Waals surface area contributed by atoms with Gasteiger partial charge in [-0.2, -0.15) is 9.40 Å². The van der Waals surface area contributed by atoms with Crippen molar-refractivity contribution in [3.05, 3.63) is 36.7 Å². The van der Waals surface area contributed by atoms with E-state index >= 15 is 0 Å². The molecule has 0 aliphatic carbocycles. The number of aromatic amines is 1. The predicted molar refractivity (Wildman–Crippen MR) is 110 cm³/mol. The standard InChI is InChI=1S/C19H26N4O3S.ClH/c24-27(25,19-6-4-16(5-7-19)17-12-20-21-13-17)23-10-3-11-26-18(15-23)14-22-8-1-2-9-22;/h4-7,12-13,18H,1-3,8-11,14-15H2,(H,20,21);1H. The lowest BCUT2D eigenvalue weighted by Crippen LogP contribution is -2.41. The summed E-state index contributed by atoms with van der Waals surface area (Å²) in [5, 5.41) is 6.71. The molecule has 2 aliphatic rings. The minimum Gasteiger partial charge on any atom is -0.375 e. The predicted octanol–water partition coefficient (Wildman–Crippen LogP) is 2.37. The lowest BCUT2D eigenvalue weighted by Gasteiger charge is -2.26. The zero-order chi connectivity index (χ0) is 18.7. The normalized spacial score (nSPS) is 21.9. The number of hydrogen-bond donors (Lipinski definition) is 1. The molecular formula is C19H27ClN4O3S. The van der Waals surface area contributed by atoms with Crippen LogP contribution in [0.1, 0.15) is 19.3 Å². The number of hydrogen-bond acceptors (Lipinski definition) is 5. The highest BCUT2D eigenvalue weighted by molar-refractivity contribution is 7.89. The zero-order valence-electron chi connectivity index (χ0n) is 15.8. The Hall–Kier alpha value is -1.45. The Bertz CT molecular complexity index is 837. The van der Waals surface area contributed by atoms with Gasteiger partial charge in [-0.1, -0.05) is 12.1 Å². The number of halogens is 1. The van der Waals surface area contributed by atoms with Gasteiger partial charge in [0.2, 0.25) is 10.0 Å². The molecule has 2 fully saturated rings. The van der Waals surface area contributed by atoms with E-state index in [9.17, 15) is 8.42 Å². The average Bonchev–Trinajstić information content (AvgIpc) is 3.33. The molecular weight excluding hydrogens is 400 g/mol. The third kappa shape index (κ3) is 4.75. The fourth-order valence-electron chi connectivity index (χ4n) is 3.82. The maximum absolute atomic E-state index is 13.2. The van der Waals surface area contributed by atoms with Gasteiger partial charge in [-0.25, -0.2) is 8.42 Å². The van der Waals surface area contributed by atoms with Crippen LogP contribution in [0.25, 0.3) is 11.1 Å². The summed E-state index contributed by atoms with van der Waals surface area (Å²) in [7, 11) is -3.53. The Kier molecular flexibility index (Phi) is 7.11. The molecule has 2 saturated heterocycles. The molecule has 1 aromatic carbocycles. The molecule has 0 radical (unpaired) electrons. The number of likely N-dealkylation sites (tertiary alicyclic amines) is 1. The molecule has 0 saturated carbocycles. The summed E-state index contributed by atoms with van der Waals surface area (Å²) in [5.41, 5.74) is 1.88. The topological polar surface area (TPSA) is 78.5 Å². The van der Waals surface area contributed by atoms with Crippen LogP contribution in [-0.4, -0.2) is 73.3 Å². The molecule has 1 aromatic heterocycles. The summed E-state index contributed by atoms with van der Waals surface area (Å²) in [4.78, 5) is 2.71. The summed E-state index contributed by atoms with van der Waals surface area (Å²) >= 11 is 0. The van der Waals surface area contributed by atoms with E-state index in [4.69, 9.17) is 4.74 Å². The first-order chi connectivity index (χ1) is 13.1. The van der Waals surface area contributed by atoms with Gasteiger partial charge in [0, 0.05) is 38.0 Å². The molecule has 154 valence electrons. The second kappa shape index (κ2) is 9.37. The van der Waals surface area contributed by atoms with Crippen LogP contribution in [0.15, 0.2) is 41.6 Å². The smallest absolute Gasteiger partial charge is 0.243 e. The number of nitrogens with one attached hydrogen (secondary N) is 1. The Balaban J connectivity index is 0.00000225. The van der Waals surface area contributed by atoms with Crippen molar-refractivity contribution in [2.45, 2.75) is 30.3 Å². The third-order valence-electron chi connectivity index (χ3n) is 5.30. The third-order valence-corrected chi connectivity index (χ3v) is 7.18. The van der Waals surface area contributed by atoms with Gasteiger partial charge < -0.3 is 9.64 Å². The van der Waals surface area contributed by atoms with Crippen molar-refractivity contribution in [2.75, 3.05) is 39.3 Å². The lowest BCUT2D eigenvalue weighted by molar-refractivity contribution is 0.0382. The van der Waals surface area contributed by atoms with E-state index < -0.39 is 10.0 Å². The van der Waals surface area contributed by atoms with Gasteiger partial charge in [0.25, 0.3) is 0 Å². The highest BCUT2D eigenvalue weighted by Crippen LogP contribution is 2.24.